The minimum absolute atomic E-state index is 0.0968. The molecule has 2 aromatic rings. The Kier molecular flexibility index (Phi) is 5.75. The van der Waals surface area contributed by atoms with Gasteiger partial charge in [-0.3, -0.25) is 9.78 Å². The number of hydrogen-bond donors (Lipinski definition) is 2. The van der Waals surface area contributed by atoms with Gasteiger partial charge < -0.3 is 25.0 Å². The Bertz CT molecular complexity index is 873. The van der Waals surface area contributed by atoms with Gasteiger partial charge in [-0.2, -0.15) is 0 Å². The van der Waals surface area contributed by atoms with Crippen molar-refractivity contribution < 1.29 is 9.59 Å². The SMILES string of the molecule is CN1CCN(C(=O)c2cc(NC(=O)NCC3CCc4nccn4C3)ccn2)CC1. The molecule has 0 aliphatic carbocycles. The highest BCUT2D eigenvalue weighted by atomic mass is 16.2. The zero-order valence-corrected chi connectivity index (χ0v) is 16.7. The number of imidazole rings is 1. The summed E-state index contributed by atoms with van der Waals surface area (Å²) in [6.45, 7) is 4.56. The first-order chi connectivity index (χ1) is 14.1. The van der Waals surface area contributed by atoms with Crippen molar-refractivity contribution in [1.82, 2.24) is 29.7 Å². The molecule has 29 heavy (non-hydrogen) atoms. The lowest BCUT2D eigenvalue weighted by Gasteiger charge is -2.32. The van der Waals surface area contributed by atoms with Gasteiger partial charge in [-0.15, -0.1) is 0 Å². The number of fused-ring (bicyclic) bond motifs is 1. The standard InChI is InChI=1S/C20H27N7O2/c1-25-8-10-26(11-9-25)19(28)17-12-16(4-5-21-17)24-20(29)23-13-15-2-3-18-22-6-7-27(18)14-15/h4-7,12,15H,2-3,8-11,13-14H2,1H3,(H2,21,23,24,29). The van der Waals surface area contributed by atoms with Crippen LogP contribution in [0.5, 0.6) is 0 Å². The second-order valence-corrected chi connectivity index (χ2v) is 7.76. The first-order valence-electron chi connectivity index (χ1n) is 10.1. The predicted molar refractivity (Wildman–Crippen MR) is 109 cm³/mol. The lowest BCUT2D eigenvalue weighted by Crippen LogP contribution is -2.47. The van der Waals surface area contributed by atoms with Crippen LogP contribution in [0.3, 0.4) is 0 Å². The quantitative estimate of drug-likeness (QED) is 0.804. The number of piperazine rings is 1. The van der Waals surface area contributed by atoms with Crippen molar-refractivity contribution in [2.24, 2.45) is 5.92 Å². The molecule has 1 fully saturated rings. The molecule has 0 aromatic carbocycles. The van der Waals surface area contributed by atoms with E-state index in [1.54, 1.807) is 23.2 Å². The van der Waals surface area contributed by atoms with Crippen molar-refractivity contribution in [3.63, 3.8) is 0 Å². The first kappa shape index (κ1) is 19.4. The van der Waals surface area contributed by atoms with Crippen LogP contribution < -0.4 is 10.6 Å². The Morgan fingerprint density at radius 2 is 2.00 bits per heavy atom. The Morgan fingerprint density at radius 3 is 2.83 bits per heavy atom. The first-order valence-corrected chi connectivity index (χ1v) is 10.1. The molecular weight excluding hydrogens is 370 g/mol. The molecule has 0 radical (unpaired) electrons. The van der Waals surface area contributed by atoms with Gasteiger partial charge in [0.25, 0.3) is 5.91 Å². The number of nitrogens with one attached hydrogen (secondary N) is 2. The number of aryl methyl sites for hydroxylation is 1. The molecule has 4 rings (SSSR count). The van der Waals surface area contributed by atoms with Gasteiger partial charge in [-0.25, -0.2) is 9.78 Å². The van der Waals surface area contributed by atoms with Crippen LogP contribution in [-0.4, -0.2) is 76.0 Å². The van der Waals surface area contributed by atoms with Gasteiger partial charge in [0.2, 0.25) is 0 Å². The summed E-state index contributed by atoms with van der Waals surface area (Å²) in [6.07, 6.45) is 7.31. The Labute approximate surface area is 170 Å². The molecule has 0 saturated carbocycles. The van der Waals surface area contributed by atoms with E-state index in [0.29, 0.717) is 36.9 Å². The average Bonchev–Trinajstić information content (AvgIpc) is 3.20. The molecule has 1 atom stereocenters. The number of nitrogens with zero attached hydrogens (tertiary/aromatic N) is 5. The van der Waals surface area contributed by atoms with Gasteiger partial charge in [0.1, 0.15) is 11.5 Å². The zero-order chi connectivity index (χ0) is 20.2. The molecule has 1 unspecified atom stereocenters. The van der Waals surface area contributed by atoms with E-state index in [-0.39, 0.29) is 11.9 Å². The number of amides is 3. The summed E-state index contributed by atoms with van der Waals surface area (Å²) in [5.41, 5.74) is 0.919. The summed E-state index contributed by atoms with van der Waals surface area (Å²) in [4.78, 5) is 37.5. The summed E-state index contributed by atoms with van der Waals surface area (Å²) in [6, 6.07) is 3.06. The maximum atomic E-state index is 12.7. The topological polar surface area (TPSA) is 95.4 Å². The predicted octanol–water partition coefficient (Wildman–Crippen LogP) is 1.05. The number of pyridine rings is 1. The van der Waals surface area contributed by atoms with Crippen molar-refractivity contribution in [3.05, 3.63) is 42.2 Å². The van der Waals surface area contributed by atoms with E-state index in [9.17, 15) is 9.59 Å². The molecule has 2 aliphatic heterocycles. The van der Waals surface area contributed by atoms with Crippen LogP contribution >= 0.6 is 0 Å². The minimum atomic E-state index is -0.273. The van der Waals surface area contributed by atoms with Crippen LogP contribution in [0.4, 0.5) is 10.5 Å². The van der Waals surface area contributed by atoms with Gasteiger partial charge in [-0.05, 0) is 31.5 Å². The lowest BCUT2D eigenvalue weighted by atomic mass is 9.99. The number of likely N-dealkylation sites (N-methyl/N-ethyl adjacent to an activating group) is 1. The average molecular weight is 397 g/mol. The zero-order valence-electron chi connectivity index (χ0n) is 16.7. The number of carbonyl (C=O) groups is 2. The van der Waals surface area contributed by atoms with E-state index in [4.69, 9.17) is 0 Å². The van der Waals surface area contributed by atoms with E-state index in [1.807, 2.05) is 19.4 Å². The largest absolute Gasteiger partial charge is 0.338 e. The van der Waals surface area contributed by atoms with Crippen LogP contribution in [0.25, 0.3) is 0 Å². The van der Waals surface area contributed by atoms with E-state index in [0.717, 1.165) is 38.3 Å². The van der Waals surface area contributed by atoms with Crippen molar-refractivity contribution >= 4 is 17.6 Å². The minimum Gasteiger partial charge on any atom is -0.338 e. The Balaban J connectivity index is 1.28. The van der Waals surface area contributed by atoms with Crippen molar-refractivity contribution in [2.75, 3.05) is 45.1 Å². The van der Waals surface area contributed by atoms with Crippen LogP contribution in [0.1, 0.15) is 22.7 Å². The molecule has 9 nitrogen and oxygen atoms in total. The third-order valence-electron chi connectivity index (χ3n) is 5.61. The summed E-state index contributed by atoms with van der Waals surface area (Å²) in [7, 11) is 2.05. The van der Waals surface area contributed by atoms with Gasteiger partial charge in [0, 0.05) is 70.0 Å². The fraction of sp³-hybridized carbons (Fsp3) is 0.500. The third-order valence-corrected chi connectivity index (χ3v) is 5.61. The number of anilines is 1. The number of aromatic nitrogens is 3. The summed E-state index contributed by atoms with van der Waals surface area (Å²) in [5.74, 6) is 1.40. The van der Waals surface area contributed by atoms with Gasteiger partial charge in [-0.1, -0.05) is 0 Å². The Morgan fingerprint density at radius 1 is 1.17 bits per heavy atom. The highest BCUT2D eigenvalue weighted by molar-refractivity contribution is 5.95. The molecule has 2 aromatic heterocycles. The normalized spacial score (nSPS) is 19.5. The summed E-state index contributed by atoms with van der Waals surface area (Å²) in [5, 5.41) is 5.75. The maximum Gasteiger partial charge on any atom is 0.319 e. The van der Waals surface area contributed by atoms with E-state index >= 15 is 0 Å². The molecule has 2 aliphatic rings. The molecule has 154 valence electrons. The van der Waals surface area contributed by atoms with Crippen LogP contribution in [0.15, 0.2) is 30.7 Å². The fourth-order valence-corrected chi connectivity index (χ4v) is 3.81. The van der Waals surface area contributed by atoms with Crippen LogP contribution in [-0.2, 0) is 13.0 Å². The fourth-order valence-electron chi connectivity index (χ4n) is 3.81. The van der Waals surface area contributed by atoms with Crippen molar-refractivity contribution in [3.8, 4) is 0 Å². The number of hydrogen-bond acceptors (Lipinski definition) is 5. The van der Waals surface area contributed by atoms with E-state index < -0.39 is 0 Å². The van der Waals surface area contributed by atoms with Crippen LogP contribution in [0.2, 0.25) is 0 Å². The monoisotopic (exact) mass is 397 g/mol. The second kappa shape index (κ2) is 8.60. The van der Waals surface area contributed by atoms with Gasteiger partial charge >= 0.3 is 6.03 Å². The molecule has 2 N–H and O–H groups in total. The Hall–Kier alpha value is -2.94. The van der Waals surface area contributed by atoms with E-state index in [2.05, 4.69) is 30.1 Å². The highest BCUT2D eigenvalue weighted by Gasteiger charge is 2.22. The molecule has 4 heterocycles. The highest BCUT2D eigenvalue weighted by Crippen LogP contribution is 2.18. The maximum absolute atomic E-state index is 12.7. The van der Waals surface area contributed by atoms with Crippen molar-refractivity contribution in [2.45, 2.75) is 19.4 Å². The van der Waals surface area contributed by atoms with Crippen LogP contribution in [0, 0.1) is 5.92 Å². The lowest BCUT2D eigenvalue weighted by molar-refractivity contribution is 0.0658. The number of rotatable bonds is 4. The van der Waals surface area contributed by atoms with E-state index in [1.165, 1.54) is 0 Å². The summed E-state index contributed by atoms with van der Waals surface area (Å²) >= 11 is 0. The number of urea groups is 1. The molecule has 1 saturated heterocycles. The third kappa shape index (κ3) is 4.73. The molecule has 3 amide bonds. The number of carbonyl (C=O) groups excluding carboxylic acids is 2. The second-order valence-electron chi connectivity index (χ2n) is 7.76. The molecule has 9 heteroatoms. The smallest absolute Gasteiger partial charge is 0.319 e. The molecular formula is C20H27N7O2. The van der Waals surface area contributed by atoms with Gasteiger partial charge in [0.15, 0.2) is 0 Å². The van der Waals surface area contributed by atoms with Gasteiger partial charge in [0.05, 0.1) is 0 Å². The molecule has 0 spiro atoms. The van der Waals surface area contributed by atoms with Crippen molar-refractivity contribution in [1.29, 1.82) is 0 Å². The summed E-state index contributed by atoms with van der Waals surface area (Å²) < 4.78 is 2.15. The molecule has 0 bridgehead atoms.